The molecule has 0 spiro atoms. The Morgan fingerprint density at radius 3 is 1.55 bits per heavy atom. The first kappa shape index (κ1) is 10.5. The van der Waals surface area contributed by atoms with Crippen molar-refractivity contribution in [1.29, 1.82) is 0 Å². The topological polar surface area (TPSA) is 29.1 Å². The van der Waals surface area contributed by atoms with Gasteiger partial charge in [0.05, 0.1) is 0 Å². The molecule has 1 radical (unpaired) electrons. The van der Waals surface area contributed by atoms with Gasteiger partial charge in [0.2, 0.25) is 0 Å². The molecule has 1 atom stereocenters. The molecule has 0 aliphatic heterocycles. The Bertz CT molecular complexity index is 125. The first-order chi connectivity index (χ1) is 4.63. The molecular formula is C3HF6O2. The lowest BCUT2D eigenvalue weighted by Crippen LogP contribution is -2.35. The smallest absolute Gasteiger partial charge is 0.248 e. The van der Waals surface area contributed by atoms with Crippen molar-refractivity contribution < 1.29 is 36.2 Å². The molecular weight excluding hydrogens is 182 g/mol. The van der Waals surface area contributed by atoms with Crippen LogP contribution in [0.5, 0.6) is 0 Å². The predicted molar refractivity (Wildman–Crippen MR) is 17.7 cm³/mol. The highest BCUT2D eigenvalue weighted by Gasteiger charge is 2.48. The lowest BCUT2D eigenvalue weighted by molar-refractivity contribution is -0.426. The number of alkyl halides is 6. The molecule has 0 aromatic rings. The maximum atomic E-state index is 11.4. The Labute approximate surface area is 56.4 Å². The molecule has 0 amide bonds. The molecule has 1 unspecified atom stereocenters. The minimum atomic E-state index is -5.58. The maximum Gasteiger partial charge on any atom is 0.525 e. The van der Waals surface area contributed by atoms with Gasteiger partial charge in [-0.2, -0.15) is 13.9 Å². The summed E-state index contributed by atoms with van der Waals surface area (Å²) in [6, 6.07) is 0. The van der Waals surface area contributed by atoms with E-state index in [1.165, 1.54) is 0 Å². The van der Waals surface area contributed by atoms with Gasteiger partial charge in [0.15, 0.2) is 0 Å². The molecule has 0 aromatic carbocycles. The van der Waals surface area contributed by atoms with E-state index in [0.29, 0.717) is 0 Å². The molecule has 0 N–H and O–H groups in total. The van der Waals surface area contributed by atoms with E-state index in [4.69, 9.17) is 5.11 Å². The van der Waals surface area contributed by atoms with E-state index in [0.717, 1.165) is 0 Å². The van der Waals surface area contributed by atoms with Crippen LogP contribution in [0.3, 0.4) is 0 Å². The van der Waals surface area contributed by atoms with Gasteiger partial charge in [-0.05, 0) is 0 Å². The number of hydrogen-bond donors (Lipinski definition) is 0. The summed E-state index contributed by atoms with van der Waals surface area (Å²) in [5.74, 6) is 0. The van der Waals surface area contributed by atoms with Gasteiger partial charge in [0, 0.05) is 0 Å². The van der Waals surface area contributed by atoms with Crippen molar-refractivity contribution in [3.05, 3.63) is 0 Å². The van der Waals surface area contributed by atoms with E-state index >= 15 is 0 Å². The van der Waals surface area contributed by atoms with Crippen LogP contribution in [0.25, 0.3) is 0 Å². The zero-order valence-electron chi connectivity index (χ0n) is 4.66. The fourth-order valence-electron chi connectivity index (χ4n) is 0.186. The number of halogens is 6. The monoisotopic (exact) mass is 183 g/mol. The van der Waals surface area contributed by atoms with Crippen LogP contribution in [0.15, 0.2) is 0 Å². The molecule has 0 saturated carbocycles. The molecule has 8 heteroatoms. The Balaban J connectivity index is 3.99. The second kappa shape index (κ2) is 2.86. The maximum absolute atomic E-state index is 11.4. The van der Waals surface area contributed by atoms with Gasteiger partial charge < -0.3 is 0 Å². The van der Waals surface area contributed by atoms with Crippen LogP contribution in [-0.4, -0.2) is 18.8 Å². The molecule has 0 aliphatic rings. The van der Waals surface area contributed by atoms with Gasteiger partial charge in [-0.25, -0.2) is 9.13 Å². The molecule has 11 heavy (non-hydrogen) atoms. The highest BCUT2D eigenvalue weighted by atomic mass is 19.4. The molecule has 2 nitrogen and oxygen atoms in total. The van der Waals surface area contributed by atoms with Crippen molar-refractivity contribution in [1.82, 2.24) is 0 Å². The van der Waals surface area contributed by atoms with E-state index in [9.17, 15) is 26.3 Å². The highest BCUT2D eigenvalue weighted by Crippen LogP contribution is 2.27. The molecule has 0 rings (SSSR count). The van der Waals surface area contributed by atoms with Gasteiger partial charge in [-0.15, -0.1) is 13.2 Å². The number of ether oxygens (including phenoxy) is 1. The fraction of sp³-hybridized carbons (Fsp3) is 1.00. The molecule has 0 bridgehead atoms. The van der Waals surface area contributed by atoms with Crippen molar-refractivity contribution in [2.45, 2.75) is 18.8 Å². The Morgan fingerprint density at radius 2 is 1.45 bits per heavy atom. The predicted octanol–water partition coefficient (Wildman–Crippen LogP) is 1.84. The summed E-state index contributed by atoms with van der Waals surface area (Å²) in [7, 11) is 0. The van der Waals surface area contributed by atoms with E-state index in [1.54, 1.807) is 0 Å². The first-order valence-corrected chi connectivity index (χ1v) is 2.10. The van der Waals surface area contributed by atoms with Crippen molar-refractivity contribution in [3.8, 4) is 0 Å². The molecule has 0 aromatic heterocycles. The molecule has 0 fully saturated rings. The van der Waals surface area contributed by atoms with Crippen LogP contribution in [0.4, 0.5) is 26.3 Å². The third-order valence-electron chi connectivity index (χ3n) is 0.501. The molecule has 0 heterocycles. The average molecular weight is 183 g/mol. The van der Waals surface area contributed by atoms with Gasteiger partial charge in [0.25, 0.3) is 6.36 Å². The average Bonchev–Trinajstić information content (AvgIpc) is 1.56. The van der Waals surface area contributed by atoms with E-state index in [1.807, 2.05) is 0 Å². The lowest BCUT2D eigenvalue weighted by Gasteiger charge is -2.14. The van der Waals surface area contributed by atoms with Crippen molar-refractivity contribution >= 4 is 0 Å². The summed E-state index contributed by atoms with van der Waals surface area (Å²) >= 11 is 0. The van der Waals surface area contributed by atoms with Crippen molar-refractivity contribution in [3.63, 3.8) is 0 Å². The standard InChI is InChI=1S/C3HF6O2/c4-1(2(5,6)10)11-3(7,8)9/h1H. The van der Waals surface area contributed by atoms with Crippen molar-refractivity contribution in [2.75, 3.05) is 0 Å². The summed E-state index contributed by atoms with van der Waals surface area (Å²) in [5, 5.41) is 9.15. The molecule has 0 saturated heterocycles. The molecule has 67 valence electrons. The summed E-state index contributed by atoms with van der Waals surface area (Å²) in [6.07, 6.45) is -15.2. The summed E-state index contributed by atoms with van der Waals surface area (Å²) in [6.45, 7) is 0. The van der Waals surface area contributed by atoms with E-state index in [2.05, 4.69) is 4.74 Å². The fourth-order valence-corrected chi connectivity index (χ4v) is 0.186. The second-order valence-electron chi connectivity index (χ2n) is 1.44. The number of rotatable bonds is 2. The van der Waals surface area contributed by atoms with Gasteiger partial charge in [-0.3, -0.25) is 0 Å². The Hall–Kier alpha value is -0.500. The van der Waals surface area contributed by atoms with Gasteiger partial charge in [-0.1, -0.05) is 0 Å². The zero-order chi connectivity index (χ0) is 9.28. The van der Waals surface area contributed by atoms with Crippen LogP contribution >= 0.6 is 0 Å². The van der Waals surface area contributed by atoms with E-state index < -0.39 is 18.8 Å². The van der Waals surface area contributed by atoms with Crippen LogP contribution in [0.2, 0.25) is 0 Å². The largest absolute Gasteiger partial charge is 0.525 e. The van der Waals surface area contributed by atoms with E-state index in [-0.39, 0.29) is 0 Å². The third-order valence-corrected chi connectivity index (χ3v) is 0.501. The van der Waals surface area contributed by atoms with Crippen LogP contribution in [-0.2, 0) is 9.84 Å². The third kappa shape index (κ3) is 4.85. The SMILES string of the molecule is [O]C(F)(F)C(F)OC(F)(F)F. The highest BCUT2D eigenvalue weighted by molar-refractivity contribution is 4.52. The quantitative estimate of drug-likeness (QED) is 0.600. The van der Waals surface area contributed by atoms with Crippen molar-refractivity contribution in [2.24, 2.45) is 0 Å². The van der Waals surface area contributed by atoms with Crippen LogP contribution in [0, 0.1) is 0 Å². The number of hydrogen-bond acceptors (Lipinski definition) is 1. The summed E-state index contributed by atoms with van der Waals surface area (Å²) < 4.78 is 68.4. The second-order valence-corrected chi connectivity index (χ2v) is 1.44. The normalized spacial score (nSPS) is 16.6. The van der Waals surface area contributed by atoms with Gasteiger partial charge in [0.1, 0.15) is 0 Å². The van der Waals surface area contributed by atoms with Crippen LogP contribution < -0.4 is 0 Å². The lowest BCUT2D eigenvalue weighted by atomic mass is 10.6. The first-order valence-electron chi connectivity index (χ1n) is 2.10. The van der Waals surface area contributed by atoms with Gasteiger partial charge >= 0.3 is 12.5 Å². The minimum Gasteiger partial charge on any atom is -0.248 e. The Kier molecular flexibility index (Phi) is 2.73. The van der Waals surface area contributed by atoms with Crippen LogP contribution in [0.1, 0.15) is 0 Å². The zero-order valence-corrected chi connectivity index (χ0v) is 4.66. The molecule has 0 aliphatic carbocycles. The Morgan fingerprint density at radius 1 is 1.09 bits per heavy atom. The summed E-state index contributed by atoms with van der Waals surface area (Å²) in [5.41, 5.74) is 0. The minimum absolute atomic E-state index is 2.07. The summed E-state index contributed by atoms with van der Waals surface area (Å²) in [4.78, 5) is 0.